The van der Waals surface area contributed by atoms with Crippen molar-refractivity contribution in [2.75, 3.05) is 6.54 Å². The number of hydrogen-bond acceptors (Lipinski definition) is 4. The van der Waals surface area contributed by atoms with Crippen molar-refractivity contribution < 1.29 is 24.9 Å². The van der Waals surface area contributed by atoms with Crippen LogP contribution in [0, 0.1) is 0 Å². The van der Waals surface area contributed by atoms with Gasteiger partial charge in [0, 0.05) is 6.54 Å². The first-order chi connectivity index (χ1) is 6.77. The highest BCUT2D eigenvalue weighted by atomic mass is 16.4. The number of carboxylic acids is 1. The zero-order valence-electron chi connectivity index (χ0n) is 8.86. The Bertz CT molecular complexity index is 221. The maximum atomic E-state index is 10.6. The summed E-state index contributed by atoms with van der Waals surface area (Å²) in [6.07, 6.45) is -1.21. The Morgan fingerprint density at radius 1 is 1.40 bits per heavy atom. The second-order valence-electron chi connectivity index (χ2n) is 2.85. The molecule has 0 aliphatic heterocycles. The molecular weight excluding hydrogens is 202 g/mol. The van der Waals surface area contributed by atoms with Gasteiger partial charge in [0.05, 0.1) is 12.2 Å². The van der Waals surface area contributed by atoms with Crippen LogP contribution < -0.4 is 5.32 Å². The Hall–Kier alpha value is -1.56. The number of rotatable bonds is 4. The average Bonchev–Trinajstić information content (AvgIpc) is 2.01. The lowest BCUT2D eigenvalue weighted by Gasteiger charge is -2.04. The summed E-state index contributed by atoms with van der Waals surface area (Å²) in [4.78, 5) is 20.5. The SMILES string of the molecule is C=C(C)O.CC(O)C(=O)NCCC(=O)O. The normalized spacial score (nSPS) is 10.6. The maximum absolute atomic E-state index is 10.6. The summed E-state index contributed by atoms with van der Waals surface area (Å²) in [5, 5.41) is 26.9. The molecule has 6 heteroatoms. The molecule has 0 aromatic rings. The Labute approximate surface area is 88.2 Å². The minimum Gasteiger partial charge on any atom is -0.513 e. The molecule has 0 heterocycles. The van der Waals surface area contributed by atoms with Gasteiger partial charge in [0.1, 0.15) is 6.10 Å². The third-order valence-corrected chi connectivity index (χ3v) is 1.02. The molecule has 0 fully saturated rings. The maximum Gasteiger partial charge on any atom is 0.305 e. The van der Waals surface area contributed by atoms with Crippen molar-refractivity contribution in [1.29, 1.82) is 0 Å². The predicted molar refractivity (Wildman–Crippen MR) is 54.4 cm³/mol. The first-order valence-corrected chi connectivity index (χ1v) is 4.29. The summed E-state index contributed by atoms with van der Waals surface area (Å²) in [5.41, 5.74) is 0. The molecular formula is C9H17NO5. The Morgan fingerprint density at radius 2 is 1.80 bits per heavy atom. The highest BCUT2D eigenvalue weighted by Crippen LogP contribution is 1.80. The smallest absolute Gasteiger partial charge is 0.305 e. The Balaban J connectivity index is 0. The number of allylic oxidation sites excluding steroid dienone is 1. The Morgan fingerprint density at radius 3 is 2.07 bits per heavy atom. The summed E-state index contributed by atoms with van der Waals surface area (Å²) in [6.45, 7) is 6.01. The van der Waals surface area contributed by atoms with Crippen LogP contribution in [0.5, 0.6) is 0 Å². The topological polar surface area (TPSA) is 107 Å². The molecule has 0 bridgehead atoms. The quantitative estimate of drug-likeness (QED) is 0.499. The lowest BCUT2D eigenvalue weighted by atomic mass is 10.3. The summed E-state index contributed by atoms with van der Waals surface area (Å²) in [6, 6.07) is 0. The van der Waals surface area contributed by atoms with Gasteiger partial charge in [0.15, 0.2) is 0 Å². The fraction of sp³-hybridized carbons (Fsp3) is 0.556. The number of carboxylic acid groups (broad SMARTS) is 1. The van der Waals surface area contributed by atoms with E-state index < -0.39 is 18.0 Å². The van der Waals surface area contributed by atoms with Gasteiger partial charge in [-0.3, -0.25) is 9.59 Å². The number of carbonyl (C=O) groups is 2. The van der Waals surface area contributed by atoms with Gasteiger partial charge < -0.3 is 20.6 Å². The second-order valence-corrected chi connectivity index (χ2v) is 2.85. The summed E-state index contributed by atoms with van der Waals surface area (Å²) < 4.78 is 0. The van der Waals surface area contributed by atoms with Crippen molar-refractivity contribution in [2.24, 2.45) is 0 Å². The van der Waals surface area contributed by atoms with E-state index in [2.05, 4.69) is 11.9 Å². The zero-order valence-corrected chi connectivity index (χ0v) is 8.86. The van der Waals surface area contributed by atoms with Crippen LogP contribution in [0.2, 0.25) is 0 Å². The van der Waals surface area contributed by atoms with E-state index in [1.54, 1.807) is 0 Å². The van der Waals surface area contributed by atoms with Gasteiger partial charge >= 0.3 is 5.97 Å². The van der Waals surface area contributed by atoms with Gasteiger partial charge in [0.2, 0.25) is 5.91 Å². The van der Waals surface area contributed by atoms with Crippen molar-refractivity contribution in [3.63, 3.8) is 0 Å². The predicted octanol–water partition coefficient (Wildman–Crippen LogP) is 0.0361. The van der Waals surface area contributed by atoms with Gasteiger partial charge in [-0.05, 0) is 13.8 Å². The number of aliphatic carboxylic acids is 1. The lowest BCUT2D eigenvalue weighted by molar-refractivity contribution is -0.137. The fourth-order valence-electron chi connectivity index (χ4n) is 0.440. The Kier molecular flexibility index (Phi) is 9.55. The number of aliphatic hydroxyl groups excluding tert-OH is 2. The molecule has 15 heavy (non-hydrogen) atoms. The first-order valence-electron chi connectivity index (χ1n) is 4.29. The monoisotopic (exact) mass is 219 g/mol. The zero-order chi connectivity index (χ0) is 12.4. The minimum absolute atomic E-state index is 0.0546. The first kappa shape index (κ1) is 15.9. The molecule has 0 saturated carbocycles. The third kappa shape index (κ3) is 19.0. The van der Waals surface area contributed by atoms with Gasteiger partial charge in [-0.25, -0.2) is 0 Å². The third-order valence-electron chi connectivity index (χ3n) is 1.02. The molecule has 0 saturated heterocycles. The summed E-state index contributed by atoms with van der Waals surface area (Å²) in [7, 11) is 0. The van der Waals surface area contributed by atoms with Gasteiger partial charge in [-0.2, -0.15) is 0 Å². The summed E-state index contributed by atoms with van der Waals surface area (Å²) in [5.74, 6) is -1.36. The lowest BCUT2D eigenvalue weighted by Crippen LogP contribution is -2.33. The van der Waals surface area contributed by atoms with Crippen LogP contribution in [-0.2, 0) is 9.59 Å². The molecule has 0 aromatic carbocycles. The number of hydrogen-bond donors (Lipinski definition) is 4. The van der Waals surface area contributed by atoms with E-state index >= 15 is 0 Å². The molecule has 0 aliphatic carbocycles. The van der Waals surface area contributed by atoms with Crippen molar-refractivity contribution in [3.8, 4) is 0 Å². The van der Waals surface area contributed by atoms with Crippen LogP contribution >= 0.6 is 0 Å². The molecule has 4 N–H and O–H groups in total. The van der Waals surface area contributed by atoms with E-state index in [1.165, 1.54) is 13.8 Å². The van der Waals surface area contributed by atoms with Crippen LogP contribution in [0.15, 0.2) is 12.3 Å². The van der Waals surface area contributed by atoms with E-state index in [0.29, 0.717) is 0 Å². The molecule has 6 nitrogen and oxygen atoms in total. The molecule has 0 radical (unpaired) electrons. The van der Waals surface area contributed by atoms with Crippen molar-refractivity contribution in [3.05, 3.63) is 12.3 Å². The molecule has 0 rings (SSSR count). The van der Waals surface area contributed by atoms with Crippen molar-refractivity contribution in [2.45, 2.75) is 26.4 Å². The minimum atomic E-state index is -1.08. The number of nitrogens with one attached hydrogen (secondary N) is 1. The van der Waals surface area contributed by atoms with Crippen LogP contribution in [0.1, 0.15) is 20.3 Å². The second kappa shape index (κ2) is 9.01. The van der Waals surface area contributed by atoms with E-state index in [-0.39, 0.29) is 18.7 Å². The van der Waals surface area contributed by atoms with E-state index in [4.69, 9.17) is 15.3 Å². The standard InChI is InChI=1S/C6H11NO4.C3H6O/c1-4(8)6(11)7-3-2-5(9)10;1-3(2)4/h4,8H,2-3H2,1H3,(H,7,11)(H,9,10);4H,1H2,2H3. The van der Waals surface area contributed by atoms with Crippen LogP contribution in [-0.4, -0.2) is 39.8 Å². The molecule has 0 aromatic heterocycles. The average molecular weight is 219 g/mol. The molecule has 1 atom stereocenters. The molecule has 0 spiro atoms. The number of aliphatic hydroxyl groups is 2. The highest BCUT2D eigenvalue weighted by Gasteiger charge is 2.07. The van der Waals surface area contributed by atoms with Gasteiger partial charge in [-0.1, -0.05) is 6.58 Å². The van der Waals surface area contributed by atoms with Crippen LogP contribution in [0.3, 0.4) is 0 Å². The fourth-order valence-corrected chi connectivity index (χ4v) is 0.440. The summed E-state index contributed by atoms with van der Waals surface area (Å²) >= 11 is 0. The molecule has 1 unspecified atom stereocenters. The van der Waals surface area contributed by atoms with Crippen molar-refractivity contribution in [1.82, 2.24) is 5.32 Å². The van der Waals surface area contributed by atoms with Crippen LogP contribution in [0.4, 0.5) is 0 Å². The number of amides is 1. The molecule has 0 aliphatic rings. The molecule has 88 valence electrons. The molecule has 1 amide bonds. The highest BCUT2D eigenvalue weighted by molar-refractivity contribution is 5.80. The number of carbonyl (C=O) groups excluding carboxylic acids is 1. The van der Waals surface area contributed by atoms with E-state index in [9.17, 15) is 9.59 Å². The van der Waals surface area contributed by atoms with Gasteiger partial charge in [0.25, 0.3) is 0 Å². The van der Waals surface area contributed by atoms with E-state index in [1.807, 2.05) is 0 Å². The largest absolute Gasteiger partial charge is 0.513 e. The van der Waals surface area contributed by atoms with E-state index in [0.717, 1.165) is 0 Å². The van der Waals surface area contributed by atoms with Crippen molar-refractivity contribution >= 4 is 11.9 Å². The van der Waals surface area contributed by atoms with Gasteiger partial charge in [-0.15, -0.1) is 0 Å². The van der Waals surface area contributed by atoms with Crippen LogP contribution in [0.25, 0.3) is 0 Å².